The normalized spacial score (nSPS) is 22.2. The van der Waals surface area contributed by atoms with Crippen LogP contribution in [0.25, 0.3) is 10.9 Å². The van der Waals surface area contributed by atoms with Gasteiger partial charge in [0.25, 0.3) is 0 Å². The number of aromatic nitrogens is 1. The Morgan fingerprint density at radius 2 is 1.75 bits per heavy atom. The second-order valence-corrected chi connectivity index (χ2v) is 9.18. The SMILES string of the molecule is COOCc1ccc2c(C3CCCCC3)c(B3OC(C)(C)C(C)(C)O3)[nH]c2c1. The first-order valence-corrected chi connectivity index (χ1v) is 10.5. The topological polar surface area (TPSA) is 52.7 Å². The van der Waals surface area contributed by atoms with Crippen LogP contribution in [0.15, 0.2) is 18.2 Å². The van der Waals surface area contributed by atoms with Crippen molar-refractivity contribution in [3.63, 3.8) is 0 Å². The molecule has 1 aromatic heterocycles. The fourth-order valence-corrected chi connectivity index (χ4v) is 4.48. The summed E-state index contributed by atoms with van der Waals surface area (Å²) in [5.74, 6) is 0.553. The molecule has 1 aliphatic heterocycles. The number of H-pyrrole nitrogens is 1. The summed E-state index contributed by atoms with van der Waals surface area (Å²) in [6.45, 7) is 8.86. The molecule has 2 aromatic rings. The van der Waals surface area contributed by atoms with Crippen molar-refractivity contribution >= 4 is 23.6 Å². The molecule has 152 valence electrons. The Hall–Kier alpha value is -1.34. The van der Waals surface area contributed by atoms with E-state index < -0.39 is 0 Å². The van der Waals surface area contributed by atoms with Crippen LogP contribution in [0, 0.1) is 0 Å². The first kappa shape index (κ1) is 20.0. The zero-order chi connectivity index (χ0) is 19.9. The highest BCUT2D eigenvalue weighted by molar-refractivity contribution is 6.62. The molecule has 1 aromatic carbocycles. The van der Waals surface area contributed by atoms with Gasteiger partial charge in [-0.15, -0.1) is 0 Å². The van der Waals surface area contributed by atoms with Gasteiger partial charge in [0.15, 0.2) is 0 Å². The van der Waals surface area contributed by atoms with Crippen LogP contribution in [-0.2, 0) is 25.7 Å². The monoisotopic (exact) mass is 385 g/mol. The minimum absolute atomic E-state index is 0.351. The summed E-state index contributed by atoms with van der Waals surface area (Å²) in [6, 6.07) is 6.48. The Kier molecular flexibility index (Phi) is 5.34. The van der Waals surface area contributed by atoms with Gasteiger partial charge in [-0.25, -0.2) is 9.78 Å². The summed E-state index contributed by atoms with van der Waals surface area (Å²) in [6.07, 6.45) is 6.38. The van der Waals surface area contributed by atoms with Crippen molar-refractivity contribution in [1.29, 1.82) is 0 Å². The van der Waals surface area contributed by atoms with Crippen molar-refractivity contribution in [3.8, 4) is 0 Å². The van der Waals surface area contributed by atoms with Crippen LogP contribution in [0.4, 0.5) is 0 Å². The van der Waals surface area contributed by atoms with Gasteiger partial charge >= 0.3 is 7.12 Å². The summed E-state index contributed by atoms with van der Waals surface area (Å²) in [5.41, 5.74) is 3.96. The smallest absolute Gasteiger partial charge is 0.398 e. The van der Waals surface area contributed by atoms with Gasteiger partial charge in [-0.2, -0.15) is 0 Å². The molecule has 2 fully saturated rings. The van der Waals surface area contributed by atoms with Crippen molar-refractivity contribution < 1.29 is 19.1 Å². The Bertz CT molecular complexity index is 822. The van der Waals surface area contributed by atoms with Gasteiger partial charge in [0.2, 0.25) is 0 Å². The average Bonchev–Trinajstić information content (AvgIpc) is 3.14. The molecule has 4 rings (SSSR count). The number of hydrogen-bond donors (Lipinski definition) is 1. The van der Waals surface area contributed by atoms with Gasteiger partial charge in [0, 0.05) is 16.5 Å². The third kappa shape index (κ3) is 3.52. The highest BCUT2D eigenvalue weighted by atomic mass is 17.2. The van der Waals surface area contributed by atoms with Crippen LogP contribution in [0.5, 0.6) is 0 Å². The maximum Gasteiger partial charge on any atom is 0.512 e. The number of rotatable bonds is 5. The van der Waals surface area contributed by atoms with Crippen LogP contribution in [0.3, 0.4) is 0 Å². The quantitative estimate of drug-likeness (QED) is 0.465. The Balaban J connectivity index is 1.77. The maximum atomic E-state index is 6.41. The lowest BCUT2D eigenvalue weighted by Crippen LogP contribution is -2.41. The minimum atomic E-state index is -0.368. The van der Waals surface area contributed by atoms with E-state index in [1.54, 1.807) is 0 Å². The molecule has 1 saturated carbocycles. The number of nitrogens with one attached hydrogen (secondary N) is 1. The molecule has 1 N–H and O–H groups in total. The molecule has 6 heteroatoms. The summed E-state index contributed by atoms with van der Waals surface area (Å²) < 4.78 is 12.8. The molecule has 0 radical (unpaired) electrons. The third-order valence-corrected chi connectivity index (χ3v) is 6.78. The standard InChI is InChI=1S/C22H32BNO4/c1-21(2)22(3,4)28-23(27-21)20-19(16-9-7-6-8-10-16)17-12-11-15(14-26-25-5)13-18(17)24-20/h11-13,16,24H,6-10,14H2,1-5H3. The van der Waals surface area contributed by atoms with Crippen molar-refractivity contribution in [1.82, 2.24) is 4.98 Å². The summed E-state index contributed by atoms with van der Waals surface area (Å²) in [5, 5.41) is 1.28. The van der Waals surface area contributed by atoms with Gasteiger partial charge < -0.3 is 14.3 Å². The molecular weight excluding hydrogens is 353 g/mol. The Morgan fingerprint density at radius 1 is 1.07 bits per heavy atom. The van der Waals surface area contributed by atoms with Crippen molar-refractivity contribution in [2.45, 2.75) is 83.5 Å². The van der Waals surface area contributed by atoms with E-state index in [-0.39, 0.29) is 18.3 Å². The van der Waals surface area contributed by atoms with Crippen LogP contribution >= 0.6 is 0 Å². The summed E-state index contributed by atoms with van der Waals surface area (Å²) in [4.78, 5) is 13.5. The van der Waals surface area contributed by atoms with Crippen LogP contribution in [0.2, 0.25) is 0 Å². The van der Waals surface area contributed by atoms with Gasteiger partial charge in [-0.1, -0.05) is 31.4 Å². The molecule has 28 heavy (non-hydrogen) atoms. The lowest BCUT2D eigenvalue weighted by atomic mass is 9.74. The summed E-state index contributed by atoms with van der Waals surface area (Å²) >= 11 is 0. The molecule has 1 aliphatic carbocycles. The molecule has 0 spiro atoms. The zero-order valence-corrected chi connectivity index (χ0v) is 17.8. The molecule has 0 unspecified atom stereocenters. The molecule has 0 bridgehead atoms. The summed E-state index contributed by atoms with van der Waals surface area (Å²) in [7, 11) is 1.16. The molecular formula is C22H32BNO4. The third-order valence-electron chi connectivity index (χ3n) is 6.78. The molecule has 5 nitrogen and oxygen atoms in total. The van der Waals surface area contributed by atoms with Crippen LogP contribution in [-0.4, -0.2) is 30.4 Å². The van der Waals surface area contributed by atoms with Crippen molar-refractivity contribution in [2.75, 3.05) is 7.11 Å². The van der Waals surface area contributed by atoms with E-state index in [9.17, 15) is 0 Å². The van der Waals surface area contributed by atoms with Crippen molar-refractivity contribution in [2.24, 2.45) is 0 Å². The van der Waals surface area contributed by atoms with Crippen LogP contribution < -0.4 is 5.59 Å². The highest BCUT2D eigenvalue weighted by Gasteiger charge is 2.53. The second-order valence-electron chi connectivity index (χ2n) is 9.18. The average molecular weight is 385 g/mol. The van der Waals surface area contributed by atoms with E-state index in [2.05, 4.69) is 50.9 Å². The lowest BCUT2D eigenvalue weighted by molar-refractivity contribution is -0.282. The fraction of sp³-hybridized carbons (Fsp3) is 0.636. The molecule has 0 amide bonds. The van der Waals surface area contributed by atoms with Gasteiger partial charge in [-0.05, 0) is 63.6 Å². The second kappa shape index (κ2) is 7.49. The van der Waals surface area contributed by atoms with Gasteiger partial charge in [0.1, 0.15) is 6.61 Å². The molecule has 1 saturated heterocycles. The number of fused-ring (bicyclic) bond motifs is 1. The Morgan fingerprint density at radius 3 is 2.39 bits per heavy atom. The predicted molar refractivity (Wildman–Crippen MR) is 112 cm³/mol. The Labute approximate surface area is 168 Å². The molecule has 2 aliphatic rings. The fourth-order valence-electron chi connectivity index (χ4n) is 4.48. The van der Waals surface area contributed by atoms with E-state index in [1.165, 1.54) is 50.2 Å². The first-order chi connectivity index (χ1) is 13.3. The lowest BCUT2D eigenvalue weighted by Gasteiger charge is -2.32. The van der Waals surface area contributed by atoms with E-state index in [0.29, 0.717) is 12.5 Å². The zero-order valence-electron chi connectivity index (χ0n) is 17.8. The van der Waals surface area contributed by atoms with Crippen LogP contribution in [0.1, 0.15) is 76.8 Å². The van der Waals surface area contributed by atoms with Gasteiger partial charge in [0.05, 0.1) is 18.3 Å². The molecule has 0 atom stereocenters. The van der Waals surface area contributed by atoms with E-state index in [4.69, 9.17) is 19.1 Å². The van der Waals surface area contributed by atoms with E-state index >= 15 is 0 Å². The van der Waals surface area contributed by atoms with Gasteiger partial charge in [-0.3, -0.25) is 0 Å². The minimum Gasteiger partial charge on any atom is -0.398 e. The first-order valence-electron chi connectivity index (χ1n) is 10.5. The number of hydrogen-bond acceptors (Lipinski definition) is 4. The largest absolute Gasteiger partial charge is 0.512 e. The van der Waals surface area contributed by atoms with E-state index in [1.807, 2.05) is 0 Å². The van der Waals surface area contributed by atoms with Crippen molar-refractivity contribution in [3.05, 3.63) is 29.3 Å². The maximum absolute atomic E-state index is 6.41. The number of aromatic amines is 1. The predicted octanol–water partition coefficient (Wildman–Crippen LogP) is 4.59. The van der Waals surface area contributed by atoms with E-state index in [0.717, 1.165) is 16.7 Å². The highest BCUT2D eigenvalue weighted by Crippen LogP contribution is 2.40. The molecule has 2 heterocycles. The number of benzene rings is 1.